The first kappa shape index (κ1) is 23.1. The van der Waals surface area contributed by atoms with Gasteiger partial charge in [0.15, 0.2) is 0 Å². The molecule has 10 heteroatoms. The molecule has 2 amide bonds. The van der Waals surface area contributed by atoms with Crippen LogP contribution in [0.1, 0.15) is 39.1 Å². The normalized spacial score (nSPS) is 23.0. The fraction of sp³-hybridized carbons (Fsp3) is 0.391. The lowest BCUT2D eigenvalue weighted by Crippen LogP contribution is -2.54. The number of likely N-dealkylation sites (N-methyl/N-ethyl adjacent to an activating group) is 1. The van der Waals surface area contributed by atoms with E-state index in [4.69, 9.17) is 15.2 Å². The predicted octanol–water partition coefficient (Wildman–Crippen LogP) is 3.30. The van der Waals surface area contributed by atoms with E-state index in [2.05, 4.69) is 5.32 Å². The lowest BCUT2D eigenvalue weighted by Gasteiger charge is -2.42. The van der Waals surface area contributed by atoms with Gasteiger partial charge in [-0.3, -0.25) is 9.59 Å². The molecule has 2 aromatic carbocycles. The number of amides is 2. The minimum atomic E-state index is -4.48. The summed E-state index contributed by atoms with van der Waals surface area (Å²) in [5, 5.41) is 2.62. The van der Waals surface area contributed by atoms with Gasteiger partial charge in [-0.2, -0.15) is 13.2 Å². The Labute approximate surface area is 188 Å². The maximum absolute atomic E-state index is 13.2. The Kier molecular flexibility index (Phi) is 6.31. The van der Waals surface area contributed by atoms with Crippen LogP contribution in [0.3, 0.4) is 0 Å². The van der Waals surface area contributed by atoms with E-state index < -0.39 is 17.6 Å². The van der Waals surface area contributed by atoms with Crippen molar-refractivity contribution in [2.75, 3.05) is 25.5 Å². The molecule has 2 aliphatic heterocycles. The first-order valence-electron chi connectivity index (χ1n) is 10.6. The van der Waals surface area contributed by atoms with Gasteiger partial charge in [-0.25, -0.2) is 0 Å². The van der Waals surface area contributed by atoms with Crippen molar-refractivity contribution in [2.24, 2.45) is 5.73 Å². The number of ether oxygens (including phenoxy) is 2. The summed E-state index contributed by atoms with van der Waals surface area (Å²) in [6.07, 6.45) is -3.37. The van der Waals surface area contributed by atoms with Gasteiger partial charge in [0.1, 0.15) is 18.5 Å². The number of alkyl halides is 3. The molecule has 2 aromatic rings. The fourth-order valence-corrected chi connectivity index (χ4v) is 4.14. The molecule has 0 unspecified atom stereocenters. The first-order valence-corrected chi connectivity index (χ1v) is 10.6. The molecule has 0 saturated carbocycles. The number of carbonyl (C=O) groups excluding carboxylic acids is 2. The number of rotatable bonds is 3. The predicted molar refractivity (Wildman–Crippen MR) is 114 cm³/mol. The molecule has 3 N–H and O–H groups in total. The molecule has 0 aliphatic carbocycles. The van der Waals surface area contributed by atoms with E-state index in [0.29, 0.717) is 18.0 Å². The third-order valence-corrected chi connectivity index (χ3v) is 6.01. The van der Waals surface area contributed by atoms with Crippen molar-refractivity contribution < 1.29 is 32.2 Å². The summed E-state index contributed by atoms with van der Waals surface area (Å²) in [6.45, 7) is 0.655. The number of hydrogen-bond acceptors (Lipinski definition) is 5. The highest BCUT2D eigenvalue weighted by Gasteiger charge is 2.38. The van der Waals surface area contributed by atoms with Crippen LogP contribution in [0.4, 0.5) is 18.9 Å². The van der Waals surface area contributed by atoms with Crippen molar-refractivity contribution in [3.8, 4) is 5.75 Å². The summed E-state index contributed by atoms with van der Waals surface area (Å²) in [6, 6.07) is 8.38. The molecule has 33 heavy (non-hydrogen) atoms. The number of hydrogen-bond donors (Lipinski definition) is 2. The van der Waals surface area contributed by atoms with E-state index in [0.717, 1.165) is 37.1 Å². The molecule has 2 aliphatic rings. The lowest BCUT2D eigenvalue weighted by atomic mass is 9.96. The average Bonchev–Trinajstić information content (AvgIpc) is 2.81. The van der Waals surface area contributed by atoms with Gasteiger partial charge in [0.2, 0.25) is 0 Å². The molecule has 1 fully saturated rings. The van der Waals surface area contributed by atoms with Crippen LogP contribution in [0.15, 0.2) is 42.5 Å². The van der Waals surface area contributed by atoms with Crippen LogP contribution in [0.5, 0.6) is 5.75 Å². The van der Waals surface area contributed by atoms with E-state index >= 15 is 0 Å². The summed E-state index contributed by atoms with van der Waals surface area (Å²) < 4.78 is 50.1. The molecular formula is C23H24F3N3O4. The number of fused-ring (bicyclic) bond motifs is 2. The van der Waals surface area contributed by atoms with Gasteiger partial charge < -0.3 is 25.4 Å². The van der Waals surface area contributed by atoms with Crippen molar-refractivity contribution in [1.82, 2.24) is 4.90 Å². The molecule has 4 rings (SSSR count). The van der Waals surface area contributed by atoms with Gasteiger partial charge in [0, 0.05) is 24.8 Å². The minimum Gasteiger partial charge on any atom is -0.490 e. The molecule has 7 nitrogen and oxygen atoms in total. The molecule has 2 heterocycles. The van der Waals surface area contributed by atoms with Crippen LogP contribution in [0, 0.1) is 0 Å². The molecule has 0 bridgehead atoms. The third-order valence-electron chi connectivity index (χ3n) is 6.01. The van der Waals surface area contributed by atoms with Crippen LogP contribution in [-0.2, 0) is 10.9 Å². The van der Waals surface area contributed by atoms with Gasteiger partial charge in [-0.05, 0) is 55.3 Å². The largest absolute Gasteiger partial charge is 0.490 e. The number of halogens is 3. The smallest absolute Gasteiger partial charge is 0.416 e. The number of nitrogens with zero attached hydrogens (tertiary/aromatic N) is 1. The van der Waals surface area contributed by atoms with E-state index in [9.17, 15) is 22.8 Å². The SMILES string of the molecule is CN1C(=O)c2cc(NC(=O)c3ccc(C(F)(F)F)cc3)ccc2OC[C@@H]2O[C@H](CN)CC[C@@H]21. The van der Waals surface area contributed by atoms with Gasteiger partial charge >= 0.3 is 6.18 Å². The van der Waals surface area contributed by atoms with Crippen molar-refractivity contribution in [3.05, 3.63) is 59.2 Å². The van der Waals surface area contributed by atoms with E-state index in [-0.39, 0.29) is 41.9 Å². The quantitative estimate of drug-likeness (QED) is 0.729. The average molecular weight is 463 g/mol. The van der Waals surface area contributed by atoms with Gasteiger partial charge in [0.05, 0.1) is 23.3 Å². The van der Waals surface area contributed by atoms with Gasteiger partial charge in [0.25, 0.3) is 11.8 Å². The third kappa shape index (κ3) is 4.81. The second-order valence-electron chi connectivity index (χ2n) is 8.14. The second kappa shape index (κ2) is 9.03. The summed E-state index contributed by atoms with van der Waals surface area (Å²) in [4.78, 5) is 27.3. The zero-order chi connectivity index (χ0) is 23.8. The summed E-state index contributed by atoms with van der Waals surface area (Å²) >= 11 is 0. The van der Waals surface area contributed by atoms with E-state index in [1.54, 1.807) is 24.1 Å². The fourth-order valence-electron chi connectivity index (χ4n) is 4.14. The Hall–Kier alpha value is -3.11. The molecular weight excluding hydrogens is 439 g/mol. The van der Waals surface area contributed by atoms with Crippen LogP contribution >= 0.6 is 0 Å². The van der Waals surface area contributed by atoms with Crippen molar-refractivity contribution in [2.45, 2.75) is 37.3 Å². The number of carbonyl (C=O) groups is 2. The first-order chi connectivity index (χ1) is 15.7. The number of nitrogens with one attached hydrogen (secondary N) is 1. The highest BCUT2D eigenvalue weighted by Crippen LogP contribution is 2.32. The topological polar surface area (TPSA) is 93.9 Å². The number of nitrogens with two attached hydrogens (primary N) is 1. The highest BCUT2D eigenvalue weighted by atomic mass is 19.4. The van der Waals surface area contributed by atoms with Gasteiger partial charge in [-0.15, -0.1) is 0 Å². The lowest BCUT2D eigenvalue weighted by molar-refractivity contribution is -0.137. The minimum absolute atomic E-state index is 0.0612. The molecule has 1 saturated heterocycles. The second-order valence-corrected chi connectivity index (χ2v) is 8.14. The zero-order valence-corrected chi connectivity index (χ0v) is 17.9. The number of benzene rings is 2. The maximum atomic E-state index is 13.2. The monoisotopic (exact) mass is 463 g/mol. The Morgan fingerprint density at radius 1 is 1.18 bits per heavy atom. The molecule has 176 valence electrons. The van der Waals surface area contributed by atoms with Crippen molar-refractivity contribution >= 4 is 17.5 Å². The highest BCUT2D eigenvalue weighted by molar-refractivity contribution is 6.05. The molecule has 0 spiro atoms. The summed E-state index contributed by atoms with van der Waals surface area (Å²) in [7, 11) is 1.70. The van der Waals surface area contributed by atoms with Gasteiger partial charge in [-0.1, -0.05) is 0 Å². The Bertz CT molecular complexity index is 1040. The molecule has 0 aromatic heterocycles. The molecule has 0 radical (unpaired) electrons. The van der Waals surface area contributed by atoms with Crippen molar-refractivity contribution in [3.63, 3.8) is 0 Å². The molecule has 3 atom stereocenters. The Morgan fingerprint density at radius 2 is 1.91 bits per heavy atom. The Balaban J connectivity index is 1.53. The van der Waals surface area contributed by atoms with E-state index in [1.807, 2.05) is 0 Å². The van der Waals surface area contributed by atoms with Crippen molar-refractivity contribution in [1.29, 1.82) is 0 Å². The van der Waals surface area contributed by atoms with Crippen LogP contribution in [-0.4, -0.2) is 55.2 Å². The maximum Gasteiger partial charge on any atom is 0.416 e. The van der Waals surface area contributed by atoms with Crippen LogP contribution in [0.2, 0.25) is 0 Å². The van der Waals surface area contributed by atoms with E-state index in [1.165, 1.54) is 6.07 Å². The Morgan fingerprint density at radius 3 is 2.58 bits per heavy atom. The van der Waals surface area contributed by atoms with Crippen LogP contribution in [0.25, 0.3) is 0 Å². The standard InChI is InChI=1S/C23H24F3N3O4/c1-29-18-8-7-16(11-27)33-20(18)12-32-19-9-6-15(10-17(19)22(29)31)28-21(30)13-2-4-14(5-3-13)23(24,25)26/h2-6,9-10,16,18,20H,7-8,11-12,27H2,1H3,(H,28,30)/t16-,18-,20-/m0/s1. The summed E-state index contributed by atoms with van der Waals surface area (Å²) in [5.74, 6) is -0.513. The number of anilines is 1. The van der Waals surface area contributed by atoms with Crippen LogP contribution < -0.4 is 15.8 Å². The summed E-state index contributed by atoms with van der Waals surface area (Å²) in [5.41, 5.74) is 5.55. The zero-order valence-electron chi connectivity index (χ0n) is 17.9.